The minimum Gasteiger partial charge on any atom is -0.480 e. The second-order valence-electron chi connectivity index (χ2n) is 5.13. The van der Waals surface area contributed by atoms with Gasteiger partial charge in [-0.25, -0.2) is 9.97 Å². The summed E-state index contributed by atoms with van der Waals surface area (Å²) in [5, 5.41) is 8.86. The first-order valence-electron chi connectivity index (χ1n) is 7.19. The van der Waals surface area contributed by atoms with Gasteiger partial charge >= 0.3 is 5.97 Å². The molecule has 1 N–H and O–H groups in total. The zero-order valence-corrected chi connectivity index (χ0v) is 12.0. The first-order chi connectivity index (χ1) is 9.69. The van der Waals surface area contributed by atoms with Crippen LogP contribution in [-0.2, 0) is 11.2 Å². The van der Waals surface area contributed by atoms with Gasteiger partial charge in [-0.15, -0.1) is 0 Å². The van der Waals surface area contributed by atoms with Crippen LogP contribution in [0.5, 0.6) is 0 Å². The van der Waals surface area contributed by atoms with E-state index >= 15 is 0 Å². The van der Waals surface area contributed by atoms with Crippen molar-refractivity contribution >= 4 is 11.8 Å². The molecule has 0 bridgehead atoms. The second kappa shape index (κ2) is 7.19. The minimum absolute atomic E-state index is 0.124. The molecule has 1 saturated heterocycles. The summed E-state index contributed by atoms with van der Waals surface area (Å²) in [6, 6.07) is 2.05. The zero-order chi connectivity index (χ0) is 14.4. The normalized spacial score (nSPS) is 16.9. The van der Waals surface area contributed by atoms with Gasteiger partial charge in [0.05, 0.1) is 6.54 Å². The van der Waals surface area contributed by atoms with Gasteiger partial charge in [-0.2, -0.15) is 0 Å². The maximum Gasteiger partial charge on any atom is 0.317 e. The van der Waals surface area contributed by atoms with Gasteiger partial charge in [-0.05, 0) is 12.8 Å². The lowest BCUT2D eigenvalue weighted by atomic mass is 10.2. The molecule has 0 aliphatic carbocycles. The molecule has 0 radical (unpaired) electrons. The Bertz CT molecular complexity index is 453. The van der Waals surface area contributed by atoms with Crippen molar-refractivity contribution in [2.24, 2.45) is 0 Å². The molecule has 0 atom stereocenters. The quantitative estimate of drug-likeness (QED) is 0.867. The lowest BCUT2D eigenvalue weighted by Crippen LogP contribution is -2.34. The number of nitrogens with zero attached hydrogens (tertiary/aromatic N) is 4. The average Bonchev–Trinajstić information content (AvgIpc) is 2.64. The summed E-state index contributed by atoms with van der Waals surface area (Å²) in [5.74, 6) is 0.200. The maximum atomic E-state index is 10.8. The van der Waals surface area contributed by atoms with Gasteiger partial charge in [0.1, 0.15) is 12.1 Å². The summed E-state index contributed by atoms with van der Waals surface area (Å²) in [6.07, 6.45) is 4.62. The highest BCUT2D eigenvalue weighted by molar-refractivity contribution is 5.69. The van der Waals surface area contributed by atoms with Crippen LogP contribution in [-0.4, -0.2) is 58.7 Å². The van der Waals surface area contributed by atoms with Crippen molar-refractivity contribution in [1.29, 1.82) is 0 Å². The SMILES string of the molecule is CCCc1cc(N2CCCN(CC(=O)O)CC2)ncn1. The number of hydrogen-bond acceptors (Lipinski definition) is 5. The topological polar surface area (TPSA) is 69.6 Å². The molecule has 1 aliphatic rings. The van der Waals surface area contributed by atoms with Gasteiger partial charge in [0, 0.05) is 37.9 Å². The van der Waals surface area contributed by atoms with Crippen LogP contribution < -0.4 is 4.90 Å². The van der Waals surface area contributed by atoms with Gasteiger partial charge < -0.3 is 10.0 Å². The maximum absolute atomic E-state index is 10.8. The molecule has 0 saturated carbocycles. The third-order valence-corrected chi connectivity index (χ3v) is 3.49. The highest BCUT2D eigenvalue weighted by Crippen LogP contribution is 2.14. The monoisotopic (exact) mass is 278 g/mol. The molecule has 1 fully saturated rings. The average molecular weight is 278 g/mol. The van der Waals surface area contributed by atoms with Crippen LogP contribution in [0.1, 0.15) is 25.5 Å². The highest BCUT2D eigenvalue weighted by Gasteiger charge is 2.17. The Morgan fingerprint density at radius 2 is 2.15 bits per heavy atom. The predicted molar refractivity (Wildman–Crippen MR) is 76.9 cm³/mol. The first-order valence-corrected chi connectivity index (χ1v) is 7.19. The summed E-state index contributed by atoms with van der Waals surface area (Å²) in [4.78, 5) is 23.6. The Balaban J connectivity index is 1.99. The van der Waals surface area contributed by atoms with E-state index in [9.17, 15) is 4.79 Å². The molecule has 6 nitrogen and oxygen atoms in total. The van der Waals surface area contributed by atoms with Crippen LogP contribution >= 0.6 is 0 Å². The molecule has 0 unspecified atom stereocenters. The van der Waals surface area contributed by atoms with Crippen molar-refractivity contribution in [1.82, 2.24) is 14.9 Å². The molecule has 1 aromatic rings. The Kier molecular flexibility index (Phi) is 5.29. The predicted octanol–water partition coefficient (Wildman–Crippen LogP) is 1.03. The second-order valence-corrected chi connectivity index (χ2v) is 5.13. The van der Waals surface area contributed by atoms with Crippen molar-refractivity contribution in [3.8, 4) is 0 Å². The van der Waals surface area contributed by atoms with Crippen LogP contribution in [0.3, 0.4) is 0 Å². The number of aryl methyl sites for hydroxylation is 1. The van der Waals surface area contributed by atoms with Crippen molar-refractivity contribution in [2.75, 3.05) is 37.6 Å². The van der Waals surface area contributed by atoms with E-state index in [-0.39, 0.29) is 6.54 Å². The Hall–Kier alpha value is -1.69. The third-order valence-electron chi connectivity index (χ3n) is 3.49. The fraction of sp³-hybridized carbons (Fsp3) is 0.643. The van der Waals surface area contributed by atoms with E-state index in [0.717, 1.165) is 57.0 Å². The van der Waals surface area contributed by atoms with Gasteiger partial charge in [-0.1, -0.05) is 13.3 Å². The summed E-state index contributed by atoms with van der Waals surface area (Å²) in [7, 11) is 0. The Morgan fingerprint density at radius 1 is 1.30 bits per heavy atom. The molecule has 1 aliphatic heterocycles. The number of aromatic nitrogens is 2. The van der Waals surface area contributed by atoms with Gasteiger partial charge in [0.2, 0.25) is 0 Å². The fourth-order valence-electron chi connectivity index (χ4n) is 2.50. The van der Waals surface area contributed by atoms with E-state index in [1.54, 1.807) is 6.33 Å². The number of carbonyl (C=O) groups is 1. The zero-order valence-electron chi connectivity index (χ0n) is 12.0. The van der Waals surface area contributed by atoms with E-state index in [0.29, 0.717) is 0 Å². The summed E-state index contributed by atoms with van der Waals surface area (Å²) >= 11 is 0. The number of hydrogen-bond donors (Lipinski definition) is 1. The van der Waals surface area contributed by atoms with Crippen LogP contribution in [0.25, 0.3) is 0 Å². The Labute approximate surface area is 119 Å². The lowest BCUT2D eigenvalue weighted by molar-refractivity contribution is -0.138. The van der Waals surface area contributed by atoms with E-state index < -0.39 is 5.97 Å². The third kappa shape index (κ3) is 4.16. The molecular formula is C14H22N4O2. The van der Waals surface area contributed by atoms with Crippen LogP contribution in [0.15, 0.2) is 12.4 Å². The molecule has 6 heteroatoms. The van der Waals surface area contributed by atoms with Gasteiger partial charge in [0.25, 0.3) is 0 Å². The molecule has 0 amide bonds. The summed E-state index contributed by atoms with van der Waals surface area (Å²) in [6.45, 7) is 5.58. The van der Waals surface area contributed by atoms with Crippen molar-refractivity contribution < 1.29 is 9.90 Å². The molecule has 1 aromatic heterocycles. The Morgan fingerprint density at radius 3 is 2.90 bits per heavy atom. The minimum atomic E-state index is -0.759. The van der Waals surface area contributed by atoms with E-state index in [2.05, 4.69) is 27.9 Å². The molecule has 2 heterocycles. The van der Waals surface area contributed by atoms with Gasteiger partial charge in [-0.3, -0.25) is 9.69 Å². The standard InChI is InChI=1S/C14H22N4O2/c1-2-4-12-9-13(16-11-15-12)18-6-3-5-17(7-8-18)10-14(19)20/h9,11H,2-8,10H2,1H3,(H,19,20). The van der Waals surface area contributed by atoms with Crippen LogP contribution in [0, 0.1) is 0 Å². The number of carboxylic acid groups (broad SMARTS) is 1. The number of rotatable bonds is 5. The molecule has 110 valence electrons. The van der Waals surface area contributed by atoms with Crippen molar-refractivity contribution in [2.45, 2.75) is 26.2 Å². The van der Waals surface area contributed by atoms with Crippen molar-refractivity contribution in [3.05, 3.63) is 18.1 Å². The number of anilines is 1. The molecular weight excluding hydrogens is 256 g/mol. The van der Waals surface area contributed by atoms with E-state index in [1.165, 1.54) is 0 Å². The first kappa shape index (κ1) is 14.7. The fourth-order valence-corrected chi connectivity index (χ4v) is 2.50. The summed E-state index contributed by atoms with van der Waals surface area (Å²) < 4.78 is 0. The number of aliphatic carboxylic acids is 1. The van der Waals surface area contributed by atoms with E-state index in [4.69, 9.17) is 5.11 Å². The van der Waals surface area contributed by atoms with Crippen LogP contribution in [0.2, 0.25) is 0 Å². The smallest absolute Gasteiger partial charge is 0.317 e. The lowest BCUT2D eigenvalue weighted by Gasteiger charge is -2.22. The molecule has 0 aromatic carbocycles. The van der Waals surface area contributed by atoms with Gasteiger partial charge in [0.15, 0.2) is 0 Å². The number of carboxylic acids is 1. The molecule has 0 spiro atoms. The van der Waals surface area contributed by atoms with Crippen LogP contribution in [0.4, 0.5) is 5.82 Å². The van der Waals surface area contributed by atoms with E-state index in [1.807, 2.05) is 4.90 Å². The highest BCUT2D eigenvalue weighted by atomic mass is 16.4. The largest absolute Gasteiger partial charge is 0.480 e. The summed E-state index contributed by atoms with van der Waals surface area (Å²) in [5.41, 5.74) is 1.07. The molecule has 20 heavy (non-hydrogen) atoms. The van der Waals surface area contributed by atoms with Crippen molar-refractivity contribution in [3.63, 3.8) is 0 Å². The molecule has 2 rings (SSSR count).